The molecule has 0 saturated heterocycles. The molecule has 0 aliphatic rings. The van der Waals surface area contributed by atoms with Gasteiger partial charge in [-0.05, 0) is 0 Å². The molecule has 0 aliphatic heterocycles. The number of hydrogen-bond donors (Lipinski definition) is 0. The molecule has 0 unspecified atom stereocenters. The standard InChI is InChI=1S/2C9H18.8C3H8.4C2H6.18CH3.58Y/c2*1-7(2)9(5,6)8(3)4;8*1-3-2;4*1-2;;;;;;;;;;;;;;;;;;;;;;;;;;;;;;;;;;;;;;;;;;;;;;;;;;;;;;;;;;;;;;;;;;;;;;;;;;;;/h2*7-8H,5-6H2,1-4H3;8*3H2,1-2H3;4*1-2H3;18*1H3;;;;;;;;;;;;;;;;;;;;;;;;;;;;;;;;;;;;;;;;;;;;;;;;;;;;;;;;;;/q2*-2;;;;;;;;;;;;;18*-1;;;;;;;;;;;;;;;;;;;;;;;;;;;;;;;;;;;;;;;;;;;;;;;;;;;;;;;;;2*+3. The van der Waals surface area contributed by atoms with E-state index in [1.54, 1.807) is 0 Å². The molecule has 126 heavy (non-hydrogen) atoms. The normalized spacial score (nSPS) is 3.24. The van der Waals surface area contributed by atoms with Crippen LogP contribution in [0.2, 0.25) is 0 Å². The predicted octanol–water partition coefficient (Wildman–Crippen LogP) is 29.3. The summed E-state index contributed by atoms with van der Waals surface area (Å²) < 4.78 is 0. The van der Waals surface area contributed by atoms with Gasteiger partial charge >= 0.3 is 65.4 Å². The molecule has 0 aromatic rings. The fourth-order valence-electron chi connectivity index (χ4n) is 1.33. The van der Waals surface area contributed by atoms with E-state index >= 15 is 0 Å². The molecule has 0 rings (SSSR count). The summed E-state index contributed by atoms with van der Waals surface area (Å²) >= 11 is 0. The summed E-state index contributed by atoms with van der Waals surface area (Å²) in [6.07, 6.45) is 10.0. The van der Waals surface area contributed by atoms with Gasteiger partial charge in [-0.25, -0.2) is 0 Å². The molecule has 56 radical (unpaired) electrons. The van der Waals surface area contributed by atoms with Gasteiger partial charge in [0.25, 0.3) is 0 Å². The van der Waals surface area contributed by atoms with E-state index in [1.807, 2.05) is 55.4 Å². The first-order valence-electron chi connectivity index (χ1n) is 22.5. The second kappa shape index (κ2) is 725. The van der Waals surface area contributed by atoms with E-state index in [-0.39, 0.29) is 2040 Å². The zero-order chi connectivity index (χ0) is 45.0. The Bertz CT molecular complexity index is 361. The van der Waals surface area contributed by atoms with Crippen LogP contribution in [0.3, 0.4) is 0 Å². The average Bonchev–Trinajstić information content (AvgIpc) is 3.04. The minimum absolute atomic E-state index is 0. The van der Waals surface area contributed by atoms with Gasteiger partial charge in [-0.15, -0.1) is 0 Å². The van der Waals surface area contributed by atoms with Crippen LogP contribution in [0.15, 0.2) is 0 Å². The summed E-state index contributed by atoms with van der Waals surface area (Å²) in [4.78, 5) is 0. The van der Waals surface area contributed by atoms with Gasteiger partial charge in [0.05, 0.1) is 0 Å². The fourth-order valence-corrected chi connectivity index (χ4v) is 1.33. The van der Waals surface area contributed by atoms with Gasteiger partial charge in [-0.1, -0.05) is 297 Å². The van der Waals surface area contributed by atoms with Crippen molar-refractivity contribution in [1.82, 2.24) is 0 Å². The molecule has 58 heteroatoms. The molecule has 0 spiro atoms. The Morgan fingerprint density at radius 1 is 0.119 bits per heavy atom. The minimum atomic E-state index is 0. The Balaban J connectivity index is -0.00000000122. The van der Waals surface area contributed by atoms with E-state index in [4.69, 9.17) is 0 Å². The van der Waals surface area contributed by atoms with Gasteiger partial charge in [-0.3, -0.25) is 10.8 Å². The molecule has 0 saturated carbocycles. The Kier molecular flexibility index (Phi) is 3900. The Morgan fingerprint density at radius 3 is 0.135 bits per heavy atom. The summed E-state index contributed by atoms with van der Waals surface area (Å²) in [5.74, 6) is 2.27. The maximum Gasteiger partial charge on any atom is 3.00 e. The van der Waals surface area contributed by atoms with Crippen LogP contribution in [0, 0.1) is 196 Å². The quantitative estimate of drug-likeness (QED) is 0.246. The van der Waals surface area contributed by atoms with Crippen molar-refractivity contribution in [2.24, 2.45) is 34.5 Å². The van der Waals surface area contributed by atoms with E-state index in [0.717, 1.165) is 0 Å². The first-order chi connectivity index (χ1) is 23.1. The van der Waals surface area contributed by atoms with E-state index in [9.17, 15) is 0 Å². The first-order valence-corrected chi connectivity index (χ1v) is 22.5. The van der Waals surface area contributed by atoms with Crippen molar-refractivity contribution in [1.29, 1.82) is 0 Å². The van der Waals surface area contributed by atoms with Crippen LogP contribution < -0.4 is 0 Å². The molecule has 0 fully saturated rings. The van der Waals surface area contributed by atoms with Crippen LogP contribution >= 0.6 is 0 Å². The maximum absolute atomic E-state index is 4.06. The molecule has 0 aromatic carbocycles. The summed E-state index contributed by atoms with van der Waals surface area (Å²) in [7, 11) is 0. The Morgan fingerprint density at radius 2 is 0.135 bits per heavy atom. The third-order valence-electron chi connectivity index (χ3n) is 4.60. The van der Waals surface area contributed by atoms with Gasteiger partial charge in [0.2, 0.25) is 0 Å². The largest absolute Gasteiger partial charge is 3.00 e. The van der Waals surface area contributed by atoms with E-state index in [1.165, 1.54) is 51.4 Å². The monoisotopic (exact) mass is 6150 g/mol. The Hall–Kier alpha value is 64.0. The third-order valence-corrected chi connectivity index (χ3v) is 4.60. The van der Waals surface area contributed by atoms with Gasteiger partial charge < -0.3 is 161 Å². The summed E-state index contributed by atoms with van der Waals surface area (Å²) in [5.41, 5.74) is 0.000000000000000444. The van der Waals surface area contributed by atoms with E-state index < -0.39 is 0 Å². The molecule has 640 valence electrons. The van der Waals surface area contributed by atoms with Gasteiger partial charge in [0, 0.05) is 1830 Å². The maximum atomic E-state index is 4.06. The van der Waals surface area contributed by atoms with Crippen molar-refractivity contribution in [3.8, 4) is 0 Å². The molecule has 0 aliphatic carbocycles. The van der Waals surface area contributed by atoms with Crippen molar-refractivity contribution < 1.29 is 1900 Å². The van der Waals surface area contributed by atoms with Crippen LogP contribution in [0.4, 0.5) is 0 Å². The summed E-state index contributed by atoms with van der Waals surface area (Å²) in [6.45, 7) is 83.6. The van der Waals surface area contributed by atoms with Crippen LogP contribution in [-0.4, -0.2) is 0 Å². The summed E-state index contributed by atoms with van der Waals surface area (Å²) in [5, 5.41) is 0. The summed E-state index contributed by atoms with van der Waals surface area (Å²) in [6, 6.07) is 0. The average molecular weight is 6150 g/mol. The van der Waals surface area contributed by atoms with Crippen molar-refractivity contribution >= 4 is 0 Å². The van der Waals surface area contributed by atoms with Gasteiger partial charge in [0.1, 0.15) is 0 Å². The predicted molar refractivity (Wildman–Crippen MR) is 374 cm³/mol. The SMILES string of the molecule is CC.CC.CC.CC.CCC.CCC.CCC.CCC.CCC.CCC.CCC.CCC.[CH2-]C([CH2-])(C(C)C)C(C)C.[CH2-]C([CH2-])(C(C)C)C(C)C.[CH3-].[CH3-].[CH3-].[CH3-].[CH3-].[CH3-].[CH3-].[CH3-].[CH3-].[CH3-].[CH3-].[CH3-].[CH3-].[CH3-].[CH3-].[CH3-].[CH3-].[CH3-].[Y+3].[Y+3].[Y].[Y].[Y].[Y].[Y].[Y].[Y].[Y].[Y].[Y].[Y].[Y].[Y].[Y].[Y].[Y].[Y].[Y].[Y].[Y].[Y].[Y].[Y].[Y].[Y].[Y].[Y].[Y].[Y].[Y].[Y].[Y].[Y].[Y].[Y].[Y].[Y].[Y].[Y].[Y].[Y].[Y].[Y].[Y].[Y].[Y].[Y].[Y].[Y].[Y].[Y].[Y].[Y].[Y].[Y].[Y]. The van der Waals surface area contributed by atoms with Crippen LogP contribution in [0.25, 0.3) is 0 Å². The molecule has 0 atom stereocenters. The van der Waals surface area contributed by atoms with Crippen molar-refractivity contribution in [2.75, 3.05) is 0 Å². The molecule has 0 heterocycles. The van der Waals surface area contributed by atoms with Crippen molar-refractivity contribution in [2.45, 2.75) is 273 Å². The molecule has 0 amide bonds. The van der Waals surface area contributed by atoms with Crippen molar-refractivity contribution in [3.05, 3.63) is 161 Å². The van der Waals surface area contributed by atoms with Crippen LogP contribution in [0.5, 0.6) is 0 Å². The second-order valence-electron chi connectivity index (χ2n) is 12.7. The second-order valence-corrected chi connectivity index (χ2v) is 12.7. The molecule has 0 aromatic heterocycles. The topological polar surface area (TPSA) is 0 Å². The van der Waals surface area contributed by atoms with Gasteiger partial charge in [0.15, 0.2) is 0 Å². The fraction of sp³-hybridized carbons (Fsp3) is 0.676. The molecule has 0 nitrogen and oxygen atoms in total. The smallest absolute Gasteiger partial charge is 0.366 e. The number of hydrogen-bond acceptors (Lipinski definition) is 0. The number of rotatable bonds is 4. The van der Waals surface area contributed by atoms with E-state index in [2.05, 4.69) is 194 Å². The molecular weight excluding hydrogens is 5970 g/mol. The van der Waals surface area contributed by atoms with Gasteiger partial charge in [-0.2, -0.15) is 0 Å². The third kappa shape index (κ3) is 849. The van der Waals surface area contributed by atoms with Crippen molar-refractivity contribution in [3.63, 3.8) is 0 Å². The molecule has 0 N–H and O–H groups in total. The molecule has 0 bridgehead atoms. The minimum Gasteiger partial charge on any atom is -0.366 e. The first kappa shape index (κ1) is 679. The molecular formula is C68H178Y58-16. The van der Waals surface area contributed by atoms with Crippen LogP contribution in [-0.2, 0) is 1900 Å². The Labute approximate surface area is 2290 Å². The van der Waals surface area contributed by atoms with E-state index in [0.29, 0.717) is 23.7 Å². The zero-order valence-corrected chi connectivity index (χ0v) is 260. The zero-order valence-electron chi connectivity index (χ0n) is 95.3. The van der Waals surface area contributed by atoms with Crippen LogP contribution in [0.1, 0.15) is 273 Å².